The van der Waals surface area contributed by atoms with Crippen LogP contribution in [0, 0.1) is 0 Å². The summed E-state index contributed by atoms with van der Waals surface area (Å²) in [7, 11) is 0. The minimum Gasteiger partial charge on any atom is -0.481 e. The number of esters is 1. The molecular weight excluding hydrogens is 258 g/mol. The van der Waals surface area contributed by atoms with E-state index in [4.69, 9.17) is 20.1 Å². The van der Waals surface area contributed by atoms with Crippen molar-refractivity contribution in [3.63, 3.8) is 0 Å². The SMILES string of the molecule is O=C(O)CCC(=O)OCCC(=O)N(CCO)CCO. The number of aliphatic carboxylic acids is 1. The van der Waals surface area contributed by atoms with E-state index in [1.807, 2.05) is 0 Å². The van der Waals surface area contributed by atoms with Crippen LogP contribution in [0.3, 0.4) is 0 Å². The molecule has 8 heteroatoms. The van der Waals surface area contributed by atoms with E-state index >= 15 is 0 Å². The highest BCUT2D eigenvalue weighted by molar-refractivity contribution is 5.78. The highest BCUT2D eigenvalue weighted by Crippen LogP contribution is 1.98. The number of carboxylic acids is 1. The van der Waals surface area contributed by atoms with Gasteiger partial charge in [0.05, 0.1) is 32.5 Å². The van der Waals surface area contributed by atoms with Crippen LogP contribution < -0.4 is 0 Å². The third-order valence-corrected chi connectivity index (χ3v) is 2.21. The fraction of sp³-hybridized carbons (Fsp3) is 0.727. The molecule has 0 aliphatic heterocycles. The van der Waals surface area contributed by atoms with Gasteiger partial charge in [-0.2, -0.15) is 0 Å². The zero-order chi connectivity index (χ0) is 14.7. The van der Waals surface area contributed by atoms with Crippen LogP contribution in [0.1, 0.15) is 19.3 Å². The van der Waals surface area contributed by atoms with Gasteiger partial charge in [0.1, 0.15) is 6.61 Å². The molecule has 0 bridgehead atoms. The van der Waals surface area contributed by atoms with Crippen molar-refractivity contribution in [2.45, 2.75) is 19.3 Å². The zero-order valence-electron chi connectivity index (χ0n) is 10.6. The van der Waals surface area contributed by atoms with Crippen LogP contribution >= 0.6 is 0 Å². The molecule has 0 radical (unpaired) electrons. The molecule has 0 atom stereocenters. The molecule has 0 aliphatic carbocycles. The van der Waals surface area contributed by atoms with Crippen LogP contribution in [0.2, 0.25) is 0 Å². The van der Waals surface area contributed by atoms with E-state index < -0.39 is 11.9 Å². The molecule has 0 aromatic rings. The molecule has 1 amide bonds. The highest BCUT2D eigenvalue weighted by atomic mass is 16.5. The second kappa shape index (κ2) is 10.3. The van der Waals surface area contributed by atoms with E-state index in [0.717, 1.165) is 0 Å². The van der Waals surface area contributed by atoms with Gasteiger partial charge < -0.3 is 25.0 Å². The van der Waals surface area contributed by atoms with Crippen molar-refractivity contribution in [3.8, 4) is 0 Å². The molecule has 0 rings (SSSR count). The standard InChI is InChI=1S/C11H19NO7/c13-6-4-12(5-7-14)9(15)3-8-19-11(18)2-1-10(16)17/h13-14H,1-8H2,(H,16,17). The maximum absolute atomic E-state index is 11.6. The number of carbonyl (C=O) groups is 3. The molecule has 0 unspecified atom stereocenters. The van der Waals surface area contributed by atoms with E-state index in [2.05, 4.69) is 0 Å². The summed E-state index contributed by atoms with van der Waals surface area (Å²) in [4.78, 5) is 34.1. The number of nitrogens with zero attached hydrogens (tertiary/aromatic N) is 1. The molecule has 3 N–H and O–H groups in total. The lowest BCUT2D eigenvalue weighted by Crippen LogP contribution is -2.36. The van der Waals surface area contributed by atoms with Gasteiger partial charge >= 0.3 is 11.9 Å². The van der Waals surface area contributed by atoms with Crippen molar-refractivity contribution in [2.24, 2.45) is 0 Å². The van der Waals surface area contributed by atoms with Crippen LogP contribution in [0.5, 0.6) is 0 Å². The van der Waals surface area contributed by atoms with Gasteiger partial charge in [-0.3, -0.25) is 14.4 Å². The molecule has 110 valence electrons. The fourth-order valence-electron chi connectivity index (χ4n) is 1.29. The number of amides is 1. The van der Waals surface area contributed by atoms with Crippen LogP contribution in [0.25, 0.3) is 0 Å². The zero-order valence-corrected chi connectivity index (χ0v) is 10.6. The van der Waals surface area contributed by atoms with Crippen molar-refractivity contribution >= 4 is 17.8 Å². The first-order valence-corrected chi connectivity index (χ1v) is 5.88. The Balaban J connectivity index is 3.87. The predicted octanol–water partition coefficient (Wildman–Crippen LogP) is -1.40. The summed E-state index contributed by atoms with van der Waals surface area (Å²) in [5, 5.41) is 25.8. The van der Waals surface area contributed by atoms with E-state index in [-0.39, 0.29) is 58.1 Å². The van der Waals surface area contributed by atoms with Crippen molar-refractivity contribution in [1.29, 1.82) is 0 Å². The molecule has 0 spiro atoms. The van der Waals surface area contributed by atoms with Gasteiger partial charge in [-0.15, -0.1) is 0 Å². The van der Waals surface area contributed by atoms with E-state index in [0.29, 0.717) is 0 Å². The number of rotatable bonds is 10. The first kappa shape index (κ1) is 17.3. The first-order chi connectivity index (χ1) is 9.01. The summed E-state index contributed by atoms with van der Waals surface area (Å²) < 4.78 is 4.69. The summed E-state index contributed by atoms with van der Waals surface area (Å²) in [6.45, 7) is -0.377. The Morgan fingerprint density at radius 2 is 1.53 bits per heavy atom. The molecule has 0 aromatic carbocycles. The Kier molecular flexibility index (Phi) is 9.37. The summed E-state index contributed by atoms with van der Waals surface area (Å²) >= 11 is 0. The fourth-order valence-corrected chi connectivity index (χ4v) is 1.29. The van der Waals surface area contributed by atoms with Gasteiger partial charge in [0.2, 0.25) is 5.91 Å². The number of hydrogen-bond acceptors (Lipinski definition) is 6. The molecule has 0 aliphatic rings. The van der Waals surface area contributed by atoms with E-state index in [9.17, 15) is 14.4 Å². The van der Waals surface area contributed by atoms with Gasteiger partial charge in [-0.25, -0.2) is 0 Å². The van der Waals surface area contributed by atoms with Crippen LogP contribution in [-0.4, -0.2) is 71.0 Å². The lowest BCUT2D eigenvalue weighted by molar-refractivity contribution is -0.149. The third-order valence-electron chi connectivity index (χ3n) is 2.21. The molecular formula is C11H19NO7. The second-order valence-corrected chi connectivity index (χ2v) is 3.69. The second-order valence-electron chi connectivity index (χ2n) is 3.69. The molecule has 0 aromatic heterocycles. The van der Waals surface area contributed by atoms with E-state index in [1.165, 1.54) is 4.90 Å². The Morgan fingerprint density at radius 1 is 0.947 bits per heavy atom. The van der Waals surface area contributed by atoms with Gasteiger partial charge in [0.15, 0.2) is 0 Å². The molecule has 8 nitrogen and oxygen atoms in total. The summed E-state index contributed by atoms with van der Waals surface area (Å²) in [6, 6.07) is 0. The lowest BCUT2D eigenvalue weighted by atomic mass is 10.3. The predicted molar refractivity (Wildman–Crippen MR) is 63.2 cm³/mol. The average Bonchev–Trinajstić information content (AvgIpc) is 2.36. The minimum atomic E-state index is -1.09. The lowest BCUT2D eigenvalue weighted by Gasteiger charge is -2.20. The van der Waals surface area contributed by atoms with Crippen molar-refractivity contribution in [2.75, 3.05) is 32.9 Å². The normalized spacial score (nSPS) is 10.0. The number of ether oxygens (including phenoxy) is 1. The van der Waals surface area contributed by atoms with Gasteiger partial charge in [-0.05, 0) is 0 Å². The van der Waals surface area contributed by atoms with Gasteiger partial charge in [0, 0.05) is 13.1 Å². The monoisotopic (exact) mass is 277 g/mol. The number of aliphatic hydroxyl groups is 2. The number of aliphatic hydroxyl groups excluding tert-OH is 2. The van der Waals surface area contributed by atoms with Crippen LogP contribution in [0.15, 0.2) is 0 Å². The largest absolute Gasteiger partial charge is 0.481 e. The molecule has 0 saturated heterocycles. The van der Waals surface area contributed by atoms with E-state index in [1.54, 1.807) is 0 Å². The summed E-state index contributed by atoms with van der Waals surface area (Å²) in [6.07, 6.45) is -0.618. The highest BCUT2D eigenvalue weighted by Gasteiger charge is 2.13. The van der Waals surface area contributed by atoms with Gasteiger partial charge in [-0.1, -0.05) is 0 Å². The Bertz CT molecular complexity index is 299. The Morgan fingerprint density at radius 3 is 2.00 bits per heavy atom. The van der Waals surface area contributed by atoms with Gasteiger partial charge in [0.25, 0.3) is 0 Å². The summed E-state index contributed by atoms with van der Waals surface area (Å²) in [5.74, 6) is -2.12. The third kappa shape index (κ3) is 8.97. The maximum atomic E-state index is 11.6. The smallest absolute Gasteiger partial charge is 0.306 e. The minimum absolute atomic E-state index is 0.0706. The van der Waals surface area contributed by atoms with Crippen LogP contribution in [-0.2, 0) is 19.1 Å². The number of carbonyl (C=O) groups excluding carboxylic acids is 2. The van der Waals surface area contributed by atoms with Crippen molar-refractivity contribution < 1.29 is 34.4 Å². The quantitative estimate of drug-likeness (QED) is 0.419. The Labute approximate surface area is 110 Å². The first-order valence-electron chi connectivity index (χ1n) is 5.88. The topological polar surface area (TPSA) is 124 Å². The Hall–Kier alpha value is -1.67. The van der Waals surface area contributed by atoms with Crippen molar-refractivity contribution in [3.05, 3.63) is 0 Å². The molecule has 0 heterocycles. The van der Waals surface area contributed by atoms with Crippen LogP contribution in [0.4, 0.5) is 0 Å². The summed E-state index contributed by atoms with van der Waals surface area (Å²) in [5.41, 5.74) is 0. The average molecular weight is 277 g/mol. The van der Waals surface area contributed by atoms with Crippen molar-refractivity contribution in [1.82, 2.24) is 4.90 Å². The molecule has 0 saturated carbocycles. The molecule has 19 heavy (non-hydrogen) atoms. The maximum Gasteiger partial charge on any atom is 0.306 e. The number of carboxylic acid groups (broad SMARTS) is 1. The number of hydrogen-bond donors (Lipinski definition) is 3. The molecule has 0 fully saturated rings.